The minimum Gasteiger partial charge on any atom is -0.381 e. The van der Waals surface area contributed by atoms with Gasteiger partial charge in [-0.2, -0.15) is 0 Å². The zero-order chi connectivity index (χ0) is 17.9. The number of pyridine rings is 1. The Balaban J connectivity index is 1.53. The molecule has 2 aliphatic heterocycles. The standard InChI is InChI=1S/C19H23N5O2/c1-26-18-5-8-24(19(25)16-4-7-21-13-22-16)17-12-23(11-15(17)18)10-14-3-2-6-20-9-14/h2-4,6-7,9,13,15,17-18H,5,8,10-12H2,1H3/t15-,17+,18-/m0/s1. The molecule has 1 amide bonds. The molecule has 4 rings (SSSR count). The normalized spacial score (nSPS) is 25.9. The van der Waals surface area contributed by atoms with Crippen LogP contribution in [0, 0.1) is 5.92 Å². The van der Waals surface area contributed by atoms with Gasteiger partial charge in [0.2, 0.25) is 0 Å². The van der Waals surface area contributed by atoms with Crippen LogP contribution in [0.3, 0.4) is 0 Å². The molecule has 26 heavy (non-hydrogen) atoms. The third-order valence-corrected chi connectivity index (χ3v) is 5.43. The second-order valence-corrected chi connectivity index (χ2v) is 6.94. The third-order valence-electron chi connectivity index (χ3n) is 5.43. The average Bonchev–Trinajstić information content (AvgIpc) is 3.11. The molecule has 4 heterocycles. The zero-order valence-corrected chi connectivity index (χ0v) is 14.9. The van der Waals surface area contributed by atoms with Gasteiger partial charge in [-0.25, -0.2) is 9.97 Å². The van der Waals surface area contributed by atoms with Crippen molar-refractivity contribution in [1.29, 1.82) is 0 Å². The summed E-state index contributed by atoms with van der Waals surface area (Å²) >= 11 is 0. The van der Waals surface area contributed by atoms with E-state index < -0.39 is 0 Å². The van der Waals surface area contributed by atoms with Crippen molar-refractivity contribution in [2.24, 2.45) is 5.92 Å². The van der Waals surface area contributed by atoms with Crippen LogP contribution in [0.4, 0.5) is 0 Å². The summed E-state index contributed by atoms with van der Waals surface area (Å²) in [7, 11) is 1.77. The van der Waals surface area contributed by atoms with Crippen LogP contribution in [-0.2, 0) is 11.3 Å². The SMILES string of the molecule is CO[C@H]1CCN(C(=O)c2ccncn2)[C@@H]2CN(Cc3cccnc3)C[C@H]12. The third kappa shape index (κ3) is 3.32. The van der Waals surface area contributed by atoms with Crippen molar-refractivity contribution in [2.45, 2.75) is 25.1 Å². The molecule has 0 aromatic carbocycles. The number of amides is 1. The highest BCUT2D eigenvalue weighted by Gasteiger charge is 2.46. The summed E-state index contributed by atoms with van der Waals surface area (Å²) in [4.78, 5) is 29.6. The first-order chi connectivity index (χ1) is 12.8. The first-order valence-corrected chi connectivity index (χ1v) is 8.97. The lowest BCUT2D eigenvalue weighted by atomic mass is 9.88. The molecule has 3 atom stereocenters. The maximum Gasteiger partial charge on any atom is 0.272 e. The summed E-state index contributed by atoms with van der Waals surface area (Å²) in [5.41, 5.74) is 1.65. The van der Waals surface area contributed by atoms with E-state index in [0.717, 1.165) is 26.1 Å². The van der Waals surface area contributed by atoms with Gasteiger partial charge < -0.3 is 9.64 Å². The molecule has 0 radical (unpaired) electrons. The minimum atomic E-state index is -0.0137. The molecule has 0 bridgehead atoms. The molecule has 2 aromatic rings. The number of carbonyl (C=O) groups excluding carboxylic acids is 1. The minimum absolute atomic E-state index is 0.0137. The van der Waals surface area contributed by atoms with Crippen LogP contribution in [0.25, 0.3) is 0 Å². The molecular formula is C19H23N5O2. The van der Waals surface area contributed by atoms with Crippen molar-refractivity contribution in [3.8, 4) is 0 Å². The van der Waals surface area contributed by atoms with Gasteiger partial charge in [0.25, 0.3) is 5.91 Å². The van der Waals surface area contributed by atoms with Crippen molar-refractivity contribution in [3.63, 3.8) is 0 Å². The van der Waals surface area contributed by atoms with Gasteiger partial charge in [0.15, 0.2) is 0 Å². The summed E-state index contributed by atoms with van der Waals surface area (Å²) in [6.07, 6.45) is 7.78. The Morgan fingerprint density at radius 1 is 1.27 bits per heavy atom. The smallest absolute Gasteiger partial charge is 0.272 e. The van der Waals surface area contributed by atoms with Crippen LogP contribution in [-0.4, -0.2) is 69.5 Å². The molecule has 0 aliphatic carbocycles. The first-order valence-electron chi connectivity index (χ1n) is 8.97. The summed E-state index contributed by atoms with van der Waals surface area (Å²) in [6, 6.07) is 5.88. The zero-order valence-electron chi connectivity index (χ0n) is 14.9. The highest BCUT2D eigenvalue weighted by Crippen LogP contribution is 2.33. The van der Waals surface area contributed by atoms with Crippen molar-refractivity contribution >= 4 is 5.91 Å². The monoisotopic (exact) mass is 353 g/mol. The van der Waals surface area contributed by atoms with E-state index in [1.54, 1.807) is 25.6 Å². The molecule has 0 unspecified atom stereocenters. The summed E-state index contributed by atoms with van der Waals surface area (Å²) in [5, 5.41) is 0. The molecule has 0 N–H and O–H groups in total. The van der Waals surface area contributed by atoms with Crippen molar-refractivity contribution in [2.75, 3.05) is 26.7 Å². The van der Waals surface area contributed by atoms with Crippen LogP contribution in [0.5, 0.6) is 0 Å². The number of fused-ring (bicyclic) bond motifs is 1. The average molecular weight is 353 g/mol. The fraction of sp³-hybridized carbons (Fsp3) is 0.474. The Morgan fingerprint density at radius 2 is 2.19 bits per heavy atom. The Bertz CT molecular complexity index is 742. The summed E-state index contributed by atoms with van der Waals surface area (Å²) < 4.78 is 5.73. The van der Waals surface area contributed by atoms with Crippen molar-refractivity contribution < 1.29 is 9.53 Å². The van der Waals surface area contributed by atoms with Gasteiger partial charge in [0.1, 0.15) is 12.0 Å². The van der Waals surface area contributed by atoms with E-state index in [4.69, 9.17) is 4.74 Å². The lowest BCUT2D eigenvalue weighted by Gasteiger charge is -2.40. The van der Waals surface area contributed by atoms with E-state index in [1.165, 1.54) is 11.9 Å². The number of piperidine rings is 1. The van der Waals surface area contributed by atoms with E-state index in [0.29, 0.717) is 18.2 Å². The van der Waals surface area contributed by atoms with Gasteiger partial charge in [-0.1, -0.05) is 6.07 Å². The van der Waals surface area contributed by atoms with Crippen LogP contribution in [0.2, 0.25) is 0 Å². The maximum absolute atomic E-state index is 13.0. The number of aromatic nitrogens is 3. The molecule has 2 saturated heterocycles. The highest BCUT2D eigenvalue weighted by atomic mass is 16.5. The molecule has 2 aromatic heterocycles. The molecule has 136 valence electrons. The van der Waals surface area contributed by atoms with Gasteiger partial charge in [-0.3, -0.25) is 14.7 Å². The molecular weight excluding hydrogens is 330 g/mol. The van der Waals surface area contributed by atoms with Crippen molar-refractivity contribution in [1.82, 2.24) is 24.8 Å². The Labute approximate surface area is 153 Å². The number of hydrogen-bond donors (Lipinski definition) is 0. The number of nitrogens with zero attached hydrogens (tertiary/aromatic N) is 5. The molecule has 0 saturated carbocycles. The van der Waals surface area contributed by atoms with E-state index in [2.05, 4.69) is 25.9 Å². The van der Waals surface area contributed by atoms with Gasteiger partial charge in [0.05, 0.1) is 12.1 Å². The fourth-order valence-corrected chi connectivity index (χ4v) is 4.22. The molecule has 7 heteroatoms. The van der Waals surface area contributed by atoms with Gasteiger partial charge in [0, 0.05) is 57.8 Å². The number of likely N-dealkylation sites (tertiary alicyclic amines) is 2. The lowest BCUT2D eigenvalue weighted by molar-refractivity contribution is -0.0158. The number of hydrogen-bond acceptors (Lipinski definition) is 6. The molecule has 0 spiro atoms. The number of rotatable bonds is 4. The van der Waals surface area contributed by atoms with Gasteiger partial charge in [-0.15, -0.1) is 0 Å². The van der Waals surface area contributed by atoms with E-state index >= 15 is 0 Å². The van der Waals surface area contributed by atoms with Crippen LogP contribution in [0.1, 0.15) is 22.5 Å². The second-order valence-electron chi connectivity index (χ2n) is 6.94. The van der Waals surface area contributed by atoms with E-state index in [9.17, 15) is 4.79 Å². The summed E-state index contributed by atoms with van der Waals surface area (Å²) in [5.74, 6) is 0.302. The van der Waals surface area contributed by atoms with Crippen LogP contribution >= 0.6 is 0 Å². The van der Waals surface area contributed by atoms with Gasteiger partial charge >= 0.3 is 0 Å². The van der Waals surface area contributed by atoms with E-state index in [1.807, 2.05) is 17.2 Å². The Kier molecular flexibility index (Phi) is 4.90. The lowest BCUT2D eigenvalue weighted by Crippen LogP contribution is -2.53. The molecule has 7 nitrogen and oxygen atoms in total. The highest BCUT2D eigenvalue weighted by molar-refractivity contribution is 5.92. The van der Waals surface area contributed by atoms with Crippen LogP contribution in [0.15, 0.2) is 43.1 Å². The first kappa shape index (κ1) is 17.1. The number of carbonyl (C=O) groups is 1. The quantitative estimate of drug-likeness (QED) is 0.823. The van der Waals surface area contributed by atoms with Gasteiger partial charge in [-0.05, 0) is 24.1 Å². The number of methoxy groups -OCH3 is 1. The number of ether oxygens (including phenoxy) is 1. The Morgan fingerprint density at radius 3 is 2.92 bits per heavy atom. The fourth-order valence-electron chi connectivity index (χ4n) is 4.22. The largest absolute Gasteiger partial charge is 0.381 e. The molecule has 2 aliphatic rings. The molecule has 2 fully saturated rings. The predicted molar refractivity (Wildman–Crippen MR) is 95.3 cm³/mol. The topological polar surface area (TPSA) is 71.5 Å². The Hall–Kier alpha value is -2.38. The van der Waals surface area contributed by atoms with Crippen molar-refractivity contribution in [3.05, 3.63) is 54.4 Å². The van der Waals surface area contributed by atoms with E-state index in [-0.39, 0.29) is 18.1 Å². The predicted octanol–water partition coefficient (Wildman–Crippen LogP) is 1.23. The summed E-state index contributed by atoms with van der Waals surface area (Å²) in [6.45, 7) is 3.30. The second kappa shape index (κ2) is 7.47. The maximum atomic E-state index is 13.0. The van der Waals surface area contributed by atoms with Crippen LogP contribution < -0.4 is 0 Å².